The summed E-state index contributed by atoms with van der Waals surface area (Å²) in [5.41, 5.74) is 2.40. The molecule has 1 aliphatic rings. The lowest BCUT2D eigenvalue weighted by molar-refractivity contribution is -0.117. The topological polar surface area (TPSA) is 83.6 Å². The quantitative estimate of drug-likeness (QED) is 0.920. The molecule has 1 amide bonds. The number of rotatable bonds is 3. The van der Waals surface area contributed by atoms with E-state index in [0.29, 0.717) is 12.3 Å². The number of hydrogen-bond donors (Lipinski definition) is 1. The first-order valence-corrected chi connectivity index (χ1v) is 6.13. The lowest BCUT2D eigenvalue weighted by atomic mass is 10.1. The highest BCUT2D eigenvalue weighted by atomic mass is 16.5. The number of amides is 1. The van der Waals surface area contributed by atoms with Crippen molar-refractivity contribution in [2.75, 3.05) is 4.90 Å². The van der Waals surface area contributed by atoms with Gasteiger partial charge in [0, 0.05) is 11.8 Å². The fraction of sp³-hybridized carbons (Fsp3) is 0.214. The molecule has 0 saturated carbocycles. The van der Waals surface area contributed by atoms with E-state index < -0.39 is 5.97 Å². The molecule has 0 atom stereocenters. The Morgan fingerprint density at radius 3 is 2.90 bits per heavy atom. The standard InChI is InChI=1S/C14H12N2O4/c1-8-4-11(20-15-8)7-16-12-3-2-9(14(18)19)5-10(12)6-13(16)17/h2-5H,6-7H2,1H3,(H,18,19). The summed E-state index contributed by atoms with van der Waals surface area (Å²) in [6.07, 6.45) is 0.212. The molecule has 102 valence electrons. The number of fused-ring (bicyclic) bond motifs is 1. The minimum absolute atomic E-state index is 0.0726. The fourth-order valence-electron chi connectivity index (χ4n) is 2.34. The molecule has 0 radical (unpaired) electrons. The molecule has 1 N–H and O–H groups in total. The van der Waals surface area contributed by atoms with Gasteiger partial charge < -0.3 is 14.5 Å². The Morgan fingerprint density at radius 1 is 1.45 bits per heavy atom. The van der Waals surface area contributed by atoms with Crippen molar-refractivity contribution in [2.24, 2.45) is 0 Å². The van der Waals surface area contributed by atoms with Gasteiger partial charge in [0.15, 0.2) is 5.76 Å². The van der Waals surface area contributed by atoms with Crippen molar-refractivity contribution < 1.29 is 19.2 Å². The number of hydrogen-bond acceptors (Lipinski definition) is 4. The van der Waals surface area contributed by atoms with Crippen molar-refractivity contribution in [3.63, 3.8) is 0 Å². The third-order valence-corrected chi connectivity index (χ3v) is 3.25. The molecule has 3 rings (SSSR count). The molecule has 20 heavy (non-hydrogen) atoms. The third-order valence-electron chi connectivity index (χ3n) is 3.25. The number of aromatic carboxylic acids is 1. The van der Waals surface area contributed by atoms with Crippen LogP contribution in [0.15, 0.2) is 28.8 Å². The Balaban J connectivity index is 1.92. The van der Waals surface area contributed by atoms with Crippen LogP contribution in [0.1, 0.15) is 27.4 Å². The maximum absolute atomic E-state index is 12.0. The van der Waals surface area contributed by atoms with Crippen molar-refractivity contribution in [1.82, 2.24) is 5.16 Å². The SMILES string of the molecule is Cc1cc(CN2C(=O)Cc3cc(C(=O)O)ccc32)on1. The Bertz CT molecular complexity index is 705. The van der Waals surface area contributed by atoms with E-state index in [1.165, 1.54) is 6.07 Å². The summed E-state index contributed by atoms with van der Waals surface area (Å²) in [6, 6.07) is 6.48. The molecule has 2 heterocycles. The highest BCUT2D eigenvalue weighted by molar-refractivity contribution is 6.02. The summed E-state index contributed by atoms with van der Waals surface area (Å²) in [5.74, 6) is -0.466. The van der Waals surface area contributed by atoms with Gasteiger partial charge in [-0.2, -0.15) is 0 Å². The normalized spacial score (nSPS) is 13.7. The number of carboxylic acids is 1. The molecule has 0 fully saturated rings. The summed E-state index contributed by atoms with van der Waals surface area (Å²) < 4.78 is 5.11. The van der Waals surface area contributed by atoms with Crippen molar-refractivity contribution in [3.8, 4) is 0 Å². The maximum Gasteiger partial charge on any atom is 0.335 e. The zero-order valence-electron chi connectivity index (χ0n) is 10.8. The number of carbonyl (C=O) groups is 2. The maximum atomic E-state index is 12.0. The molecule has 1 aromatic carbocycles. The summed E-state index contributed by atoms with van der Waals surface area (Å²) in [4.78, 5) is 24.6. The molecule has 0 spiro atoms. The number of aryl methyl sites for hydroxylation is 1. The van der Waals surface area contributed by atoms with Gasteiger partial charge in [0.1, 0.15) is 0 Å². The number of aromatic nitrogens is 1. The molecule has 1 aliphatic heterocycles. The van der Waals surface area contributed by atoms with Crippen LogP contribution in [-0.2, 0) is 17.8 Å². The van der Waals surface area contributed by atoms with E-state index >= 15 is 0 Å². The Kier molecular flexibility index (Phi) is 2.78. The Labute approximate surface area is 114 Å². The molecule has 6 nitrogen and oxygen atoms in total. The lowest BCUT2D eigenvalue weighted by Gasteiger charge is -2.15. The van der Waals surface area contributed by atoms with Gasteiger partial charge in [-0.05, 0) is 30.7 Å². The first-order chi connectivity index (χ1) is 9.54. The van der Waals surface area contributed by atoms with Crippen LogP contribution >= 0.6 is 0 Å². The second-order valence-electron chi connectivity index (χ2n) is 4.74. The largest absolute Gasteiger partial charge is 0.478 e. The molecule has 0 saturated heterocycles. The van der Waals surface area contributed by atoms with Gasteiger partial charge in [-0.25, -0.2) is 4.79 Å². The minimum Gasteiger partial charge on any atom is -0.478 e. The summed E-state index contributed by atoms with van der Waals surface area (Å²) >= 11 is 0. The predicted octanol–water partition coefficient (Wildman–Crippen LogP) is 1.77. The van der Waals surface area contributed by atoms with E-state index in [-0.39, 0.29) is 17.9 Å². The van der Waals surface area contributed by atoms with Crippen molar-refractivity contribution >= 4 is 17.6 Å². The lowest BCUT2D eigenvalue weighted by Crippen LogP contribution is -2.25. The Morgan fingerprint density at radius 2 is 2.25 bits per heavy atom. The number of carbonyl (C=O) groups excluding carboxylic acids is 1. The van der Waals surface area contributed by atoms with E-state index in [4.69, 9.17) is 9.63 Å². The first kappa shape index (κ1) is 12.4. The van der Waals surface area contributed by atoms with Gasteiger partial charge in [-0.3, -0.25) is 4.79 Å². The zero-order valence-corrected chi connectivity index (χ0v) is 10.8. The first-order valence-electron chi connectivity index (χ1n) is 6.13. The summed E-state index contributed by atoms with van der Waals surface area (Å²) in [6.45, 7) is 2.12. The van der Waals surface area contributed by atoms with Crippen molar-refractivity contribution in [3.05, 3.63) is 46.8 Å². The predicted molar refractivity (Wildman–Crippen MR) is 69.5 cm³/mol. The van der Waals surface area contributed by atoms with Crippen molar-refractivity contribution in [2.45, 2.75) is 19.9 Å². The Hall–Kier alpha value is -2.63. The average Bonchev–Trinajstić information content (AvgIpc) is 2.94. The van der Waals surface area contributed by atoms with Gasteiger partial charge in [-0.1, -0.05) is 5.16 Å². The molecule has 1 aromatic heterocycles. The molecule has 0 aliphatic carbocycles. The highest BCUT2D eigenvalue weighted by Crippen LogP contribution is 2.31. The van der Waals surface area contributed by atoms with Crippen LogP contribution in [0.25, 0.3) is 0 Å². The van der Waals surface area contributed by atoms with Gasteiger partial charge >= 0.3 is 5.97 Å². The molecule has 0 bridgehead atoms. The number of carboxylic acid groups (broad SMARTS) is 1. The fourth-order valence-corrected chi connectivity index (χ4v) is 2.34. The number of nitrogens with zero attached hydrogens (tertiary/aromatic N) is 2. The van der Waals surface area contributed by atoms with Crippen LogP contribution in [-0.4, -0.2) is 22.1 Å². The van der Waals surface area contributed by atoms with Crippen LogP contribution in [0.5, 0.6) is 0 Å². The average molecular weight is 272 g/mol. The van der Waals surface area contributed by atoms with E-state index in [9.17, 15) is 9.59 Å². The summed E-state index contributed by atoms with van der Waals surface area (Å²) in [7, 11) is 0. The van der Waals surface area contributed by atoms with Gasteiger partial charge in [0.25, 0.3) is 0 Å². The van der Waals surface area contributed by atoms with Crippen LogP contribution in [0.3, 0.4) is 0 Å². The second kappa shape index (κ2) is 4.48. The van der Waals surface area contributed by atoms with Crippen LogP contribution in [0.4, 0.5) is 5.69 Å². The smallest absolute Gasteiger partial charge is 0.335 e. The van der Waals surface area contributed by atoms with Gasteiger partial charge in [0.05, 0.1) is 24.2 Å². The van der Waals surface area contributed by atoms with Crippen molar-refractivity contribution in [1.29, 1.82) is 0 Å². The van der Waals surface area contributed by atoms with E-state index in [2.05, 4.69) is 5.16 Å². The third kappa shape index (κ3) is 2.05. The van der Waals surface area contributed by atoms with E-state index in [1.54, 1.807) is 23.1 Å². The highest BCUT2D eigenvalue weighted by Gasteiger charge is 2.28. The van der Waals surface area contributed by atoms with Crippen LogP contribution in [0.2, 0.25) is 0 Å². The van der Waals surface area contributed by atoms with Gasteiger partial charge in [-0.15, -0.1) is 0 Å². The number of anilines is 1. The summed E-state index contributed by atoms with van der Waals surface area (Å²) in [5, 5.41) is 12.8. The second-order valence-corrected chi connectivity index (χ2v) is 4.74. The molecule has 2 aromatic rings. The molecular formula is C14H12N2O4. The van der Waals surface area contributed by atoms with E-state index in [1.807, 2.05) is 6.92 Å². The molecule has 0 unspecified atom stereocenters. The van der Waals surface area contributed by atoms with Crippen LogP contribution < -0.4 is 4.90 Å². The molecule has 6 heteroatoms. The van der Waals surface area contributed by atoms with Gasteiger partial charge in [0.2, 0.25) is 5.91 Å². The van der Waals surface area contributed by atoms with Crippen LogP contribution in [0, 0.1) is 6.92 Å². The number of benzene rings is 1. The minimum atomic E-state index is -0.996. The monoisotopic (exact) mass is 272 g/mol. The zero-order chi connectivity index (χ0) is 14.3. The van der Waals surface area contributed by atoms with E-state index in [0.717, 1.165) is 16.9 Å². The molecular weight excluding hydrogens is 260 g/mol.